The Morgan fingerprint density at radius 1 is 0.962 bits per heavy atom. The molecule has 0 fully saturated rings. The number of hydrogen-bond donors (Lipinski definition) is 0. The predicted molar refractivity (Wildman–Crippen MR) is 109 cm³/mol. The van der Waals surface area contributed by atoms with Crippen molar-refractivity contribution in [3.05, 3.63) is 65.7 Å². The van der Waals surface area contributed by atoms with E-state index < -0.39 is 0 Å². The van der Waals surface area contributed by atoms with Gasteiger partial charge >= 0.3 is 6.09 Å². The maximum Gasteiger partial charge on any atom is 0.414 e. The van der Waals surface area contributed by atoms with Crippen LogP contribution in [-0.4, -0.2) is 36.5 Å². The summed E-state index contributed by atoms with van der Waals surface area (Å²) >= 11 is 0. The van der Waals surface area contributed by atoms with Crippen molar-refractivity contribution in [1.29, 1.82) is 0 Å². The Morgan fingerprint density at radius 3 is 2.15 bits per heavy atom. The number of carbonyl (C=O) groups is 1. The summed E-state index contributed by atoms with van der Waals surface area (Å²) in [4.78, 5) is 15.8. The first-order chi connectivity index (χ1) is 11.9. The van der Waals surface area contributed by atoms with Crippen molar-refractivity contribution in [2.75, 3.05) is 20.6 Å². The quantitative estimate of drug-likeness (QED) is 0.682. The fourth-order valence-electron chi connectivity index (χ4n) is 2.68. The Kier molecular flexibility index (Phi) is 8.33. The molecule has 142 valence electrons. The lowest BCUT2D eigenvalue weighted by Crippen LogP contribution is -2.29. The second-order valence-corrected chi connectivity index (χ2v) is 6.38. The van der Waals surface area contributed by atoms with E-state index in [4.69, 9.17) is 4.74 Å². The highest BCUT2D eigenvalue weighted by Crippen LogP contribution is 2.30. The molecule has 0 radical (unpaired) electrons. The van der Waals surface area contributed by atoms with E-state index in [2.05, 4.69) is 56.1 Å². The molecule has 2 aromatic carbocycles. The molecule has 0 aliphatic rings. The number of benzene rings is 2. The zero-order chi connectivity index (χ0) is 18.4. The number of ether oxygens (including phenoxy) is 1. The zero-order valence-electron chi connectivity index (χ0n) is 15.8. The third kappa shape index (κ3) is 5.33. The lowest BCUT2D eigenvalue weighted by molar-refractivity contribution is 0.165. The van der Waals surface area contributed by atoms with Gasteiger partial charge in [-0.25, -0.2) is 4.79 Å². The van der Waals surface area contributed by atoms with Crippen molar-refractivity contribution in [2.24, 2.45) is 0 Å². The number of carbonyl (C=O) groups excluding carboxylic acids is 1. The molecule has 4 nitrogen and oxygen atoms in total. The molecular weight excluding hydrogens is 324 g/mol. The van der Waals surface area contributed by atoms with E-state index in [9.17, 15) is 4.79 Å². The molecule has 2 rings (SSSR count). The molecule has 0 heterocycles. The minimum Gasteiger partial charge on any atom is -0.410 e. The van der Waals surface area contributed by atoms with Gasteiger partial charge in [0.15, 0.2) is 0 Å². The first-order valence-electron chi connectivity index (χ1n) is 8.73. The molecule has 2 atom stereocenters. The topological polar surface area (TPSA) is 32.8 Å². The molecule has 0 aliphatic carbocycles. The summed E-state index contributed by atoms with van der Waals surface area (Å²) in [7, 11) is 3.84. The van der Waals surface area contributed by atoms with E-state index in [1.54, 1.807) is 11.9 Å². The second kappa shape index (κ2) is 9.97. The zero-order valence-corrected chi connectivity index (χ0v) is 15.8. The molecule has 0 N–H and O–H groups in total. The number of amides is 1. The van der Waals surface area contributed by atoms with Crippen LogP contribution < -0.4 is 4.74 Å². The van der Waals surface area contributed by atoms with Gasteiger partial charge < -0.3 is 9.64 Å². The third-order valence-electron chi connectivity index (χ3n) is 4.84. The summed E-state index contributed by atoms with van der Waals surface area (Å²) in [5.74, 6) is 0.579. The lowest BCUT2D eigenvalue weighted by atomic mass is 10.0. The second-order valence-electron chi connectivity index (χ2n) is 6.38. The van der Waals surface area contributed by atoms with Gasteiger partial charge in [0.25, 0.3) is 0 Å². The van der Waals surface area contributed by atoms with Gasteiger partial charge in [-0.1, -0.05) is 49.9 Å². The van der Waals surface area contributed by atoms with Crippen LogP contribution in [0.3, 0.4) is 0 Å². The third-order valence-corrected chi connectivity index (χ3v) is 4.84. The highest BCUT2D eigenvalue weighted by Gasteiger charge is 2.19. The van der Waals surface area contributed by atoms with Gasteiger partial charge in [0.1, 0.15) is 5.75 Å². The van der Waals surface area contributed by atoms with E-state index >= 15 is 0 Å². The van der Waals surface area contributed by atoms with E-state index in [-0.39, 0.29) is 25.6 Å². The molecule has 1 amide bonds. The summed E-state index contributed by atoms with van der Waals surface area (Å²) in [6.45, 7) is 6.90. The monoisotopic (exact) mass is 356 g/mol. The smallest absolute Gasteiger partial charge is 0.410 e. The predicted octanol–water partition coefficient (Wildman–Crippen LogP) is 5.53. The van der Waals surface area contributed by atoms with Crippen LogP contribution in [-0.2, 0) is 0 Å². The Labute approximate surface area is 158 Å². The van der Waals surface area contributed by atoms with Gasteiger partial charge in [-0.2, -0.15) is 0 Å². The number of hydrogen-bond acceptors (Lipinski definition) is 3. The fourth-order valence-corrected chi connectivity index (χ4v) is 2.68. The van der Waals surface area contributed by atoms with Crippen LogP contribution in [0.1, 0.15) is 51.4 Å². The SMILES string of the molecule is C.CCN(C)C(=O)Oc1cccc([C@H](C)N(C)[C@@H](C)c2ccccc2)c1. The van der Waals surface area contributed by atoms with Gasteiger partial charge in [-0.3, -0.25) is 4.90 Å². The molecule has 0 unspecified atom stereocenters. The summed E-state index contributed by atoms with van der Waals surface area (Å²) in [5, 5.41) is 0. The maximum absolute atomic E-state index is 11.9. The van der Waals surface area contributed by atoms with Crippen molar-refractivity contribution in [1.82, 2.24) is 9.80 Å². The summed E-state index contributed by atoms with van der Waals surface area (Å²) in [6, 6.07) is 18.7. The van der Waals surface area contributed by atoms with Gasteiger partial charge in [-0.15, -0.1) is 0 Å². The minimum atomic E-state index is -0.335. The van der Waals surface area contributed by atoms with Gasteiger partial charge in [0, 0.05) is 25.7 Å². The molecule has 0 spiro atoms. The van der Waals surface area contributed by atoms with E-state index in [1.807, 2.05) is 31.2 Å². The number of rotatable bonds is 6. The highest BCUT2D eigenvalue weighted by molar-refractivity contribution is 5.70. The molecule has 2 aromatic rings. The Balaban J connectivity index is 0.00000338. The van der Waals surface area contributed by atoms with Gasteiger partial charge in [0.05, 0.1) is 0 Å². The lowest BCUT2D eigenvalue weighted by Gasteiger charge is -2.31. The van der Waals surface area contributed by atoms with Crippen molar-refractivity contribution < 1.29 is 9.53 Å². The molecule has 0 saturated carbocycles. The Hall–Kier alpha value is -2.33. The minimum absolute atomic E-state index is 0. The Bertz CT molecular complexity index is 688. The molecule has 0 aliphatic heterocycles. The Morgan fingerprint density at radius 2 is 1.54 bits per heavy atom. The highest BCUT2D eigenvalue weighted by atomic mass is 16.6. The van der Waals surface area contributed by atoms with Gasteiger partial charge in [-0.05, 0) is 51.1 Å². The van der Waals surface area contributed by atoms with Crippen LogP contribution >= 0.6 is 0 Å². The molecule has 0 saturated heterocycles. The van der Waals surface area contributed by atoms with E-state index in [0.717, 1.165) is 5.56 Å². The first-order valence-corrected chi connectivity index (χ1v) is 8.73. The van der Waals surface area contributed by atoms with Crippen molar-refractivity contribution in [3.63, 3.8) is 0 Å². The van der Waals surface area contributed by atoms with Crippen LogP contribution in [0.4, 0.5) is 4.79 Å². The summed E-state index contributed by atoms with van der Waals surface area (Å²) < 4.78 is 5.45. The number of nitrogens with zero attached hydrogens (tertiary/aromatic N) is 2. The normalized spacial score (nSPS) is 12.8. The molecule has 26 heavy (non-hydrogen) atoms. The fraction of sp³-hybridized carbons (Fsp3) is 0.409. The summed E-state index contributed by atoms with van der Waals surface area (Å²) in [5.41, 5.74) is 2.40. The molecule has 0 bridgehead atoms. The maximum atomic E-state index is 11.9. The first kappa shape index (κ1) is 21.7. The van der Waals surface area contributed by atoms with E-state index in [1.165, 1.54) is 5.56 Å². The van der Waals surface area contributed by atoms with Crippen LogP contribution in [0.15, 0.2) is 54.6 Å². The van der Waals surface area contributed by atoms with E-state index in [0.29, 0.717) is 12.3 Å². The van der Waals surface area contributed by atoms with Gasteiger partial charge in [0.2, 0.25) is 0 Å². The molecule has 0 aromatic heterocycles. The van der Waals surface area contributed by atoms with Crippen molar-refractivity contribution in [3.8, 4) is 5.75 Å². The average molecular weight is 357 g/mol. The largest absolute Gasteiger partial charge is 0.414 e. The molecule has 4 heteroatoms. The molecular formula is C22H32N2O2. The van der Waals surface area contributed by atoms with Crippen LogP contribution in [0.2, 0.25) is 0 Å². The van der Waals surface area contributed by atoms with Crippen molar-refractivity contribution in [2.45, 2.75) is 40.3 Å². The van der Waals surface area contributed by atoms with Crippen LogP contribution in [0.25, 0.3) is 0 Å². The van der Waals surface area contributed by atoms with Crippen LogP contribution in [0.5, 0.6) is 5.75 Å². The average Bonchev–Trinajstić information content (AvgIpc) is 2.66. The summed E-state index contributed by atoms with van der Waals surface area (Å²) in [6.07, 6.45) is -0.335. The standard InChI is InChI=1S/C21H28N2O2.CH4/c1-6-22(4)21(24)25-20-14-10-13-19(15-20)17(3)23(5)16(2)18-11-8-7-9-12-18;/h7-17H,6H2,1-5H3;1H4/t16-,17-;/m0./s1. The van der Waals surface area contributed by atoms with Crippen molar-refractivity contribution >= 4 is 6.09 Å². The van der Waals surface area contributed by atoms with Crippen LogP contribution in [0, 0.1) is 0 Å².